The second kappa shape index (κ2) is 7.41. The maximum atomic E-state index is 6.28. The Bertz CT molecular complexity index is 560. The molecule has 20 heavy (non-hydrogen) atoms. The minimum absolute atomic E-state index is 0.0590. The highest BCUT2D eigenvalue weighted by atomic mass is 79.9. The molecule has 0 amide bonds. The Morgan fingerprint density at radius 2 is 2.15 bits per heavy atom. The fourth-order valence-corrected chi connectivity index (χ4v) is 2.41. The highest BCUT2D eigenvalue weighted by Gasteiger charge is 2.09. The predicted molar refractivity (Wildman–Crippen MR) is 84.8 cm³/mol. The maximum absolute atomic E-state index is 6.28. The van der Waals surface area contributed by atoms with Gasteiger partial charge >= 0.3 is 0 Å². The van der Waals surface area contributed by atoms with Gasteiger partial charge in [0.05, 0.1) is 6.61 Å². The van der Waals surface area contributed by atoms with Crippen LogP contribution in [0.1, 0.15) is 30.5 Å². The standard InChI is InChI=1S/C16H19BrN2O/c1-2-6-20-15-5-3-4-13(9-15)16(18)8-12-7-14(17)11-19-10-12/h3-5,7,9-11,16H,2,6,8,18H2,1H3. The van der Waals surface area contributed by atoms with Gasteiger partial charge in [-0.15, -0.1) is 0 Å². The fourth-order valence-electron chi connectivity index (χ4n) is 1.99. The summed E-state index contributed by atoms with van der Waals surface area (Å²) in [7, 11) is 0. The zero-order chi connectivity index (χ0) is 14.4. The molecular formula is C16H19BrN2O. The summed E-state index contributed by atoms with van der Waals surface area (Å²) < 4.78 is 6.61. The molecule has 0 bridgehead atoms. The minimum Gasteiger partial charge on any atom is -0.494 e. The molecule has 3 nitrogen and oxygen atoms in total. The Hall–Kier alpha value is -1.39. The molecule has 1 atom stereocenters. The van der Waals surface area contributed by atoms with Crippen molar-refractivity contribution in [1.29, 1.82) is 0 Å². The van der Waals surface area contributed by atoms with Crippen molar-refractivity contribution in [3.8, 4) is 5.75 Å². The van der Waals surface area contributed by atoms with Gasteiger partial charge in [0.15, 0.2) is 0 Å². The van der Waals surface area contributed by atoms with E-state index in [1.54, 1.807) is 6.20 Å². The van der Waals surface area contributed by atoms with Crippen molar-refractivity contribution in [1.82, 2.24) is 4.98 Å². The smallest absolute Gasteiger partial charge is 0.119 e. The van der Waals surface area contributed by atoms with Crippen molar-refractivity contribution in [2.75, 3.05) is 6.61 Å². The third-order valence-corrected chi connectivity index (χ3v) is 3.41. The molecule has 0 aliphatic rings. The third kappa shape index (κ3) is 4.32. The Morgan fingerprint density at radius 3 is 2.90 bits per heavy atom. The molecule has 0 spiro atoms. The molecule has 2 N–H and O–H groups in total. The summed E-state index contributed by atoms with van der Waals surface area (Å²) in [5.74, 6) is 0.882. The van der Waals surface area contributed by atoms with Crippen LogP contribution in [0.2, 0.25) is 0 Å². The van der Waals surface area contributed by atoms with E-state index in [2.05, 4.69) is 27.8 Å². The molecular weight excluding hydrogens is 316 g/mol. The van der Waals surface area contributed by atoms with Gasteiger partial charge in [0.1, 0.15) is 5.75 Å². The van der Waals surface area contributed by atoms with Crippen LogP contribution in [0.4, 0.5) is 0 Å². The molecule has 1 aromatic carbocycles. The van der Waals surface area contributed by atoms with Gasteiger partial charge < -0.3 is 10.5 Å². The Balaban J connectivity index is 2.06. The van der Waals surface area contributed by atoms with E-state index >= 15 is 0 Å². The van der Waals surface area contributed by atoms with E-state index in [4.69, 9.17) is 10.5 Å². The summed E-state index contributed by atoms with van der Waals surface area (Å²) in [4.78, 5) is 4.16. The number of ether oxygens (including phenoxy) is 1. The second-order valence-electron chi connectivity index (χ2n) is 4.74. The quantitative estimate of drug-likeness (QED) is 0.872. The van der Waals surface area contributed by atoms with Crippen LogP contribution in [0.3, 0.4) is 0 Å². The van der Waals surface area contributed by atoms with Crippen LogP contribution in [-0.4, -0.2) is 11.6 Å². The zero-order valence-electron chi connectivity index (χ0n) is 11.6. The van der Waals surface area contributed by atoms with Gasteiger partial charge in [-0.3, -0.25) is 4.98 Å². The highest BCUT2D eigenvalue weighted by Crippen LogP contribution is 2.21. The minimum atomic E-state index is -0.0590. The van der Waals surface area contributed by atoms with E-state index in [-0.39, 0.29) is 6.04 Å². The normalized spacial score (nSPS) is 12.2. The monoisotopic (exact) mass is 334 g/mol. The number of aromatic nitrogens is 1. The lowest BCUT2D eigenvalue weighted by molar-refractivity contribution is 0.317. The number of benzene rings is 1. The van der Waals surface area contributed by atoms with Crippen LogP contribution in [0, 0.1) is 0 Å². The predicted octanol–water partition coefficient (Wildman–Crippen LogP) is 3.88. The first-order chi connectivity index (χ1) is 9.69. The van der Waals surface area contributed by atoms with Crippen molar-refractivity contribution >= 4 is 15.9 Å². The average Bonchev–Trinajstić information content (AvgIpc) is 2.45. The van der Waals surface area contributed by atoms with Gasteiger partial charge in [-0.1, -0.05) is 19.1 Å². The molecule has 0 fully saturated rings. The summed E-state index contributed by atoms with van der Waals surface area (Å²) in [5, 5.41) is 0. The molecule has 0 aliphatic heterocycles. The lowest BCUT2D eigenvalue weighted by atomic mass is 10.0. The molecule has 1 heterocycles. The van der Waals surface area contributed by atoms with Crippen LogP contribution < -0.4 is 10.5 Å². The van der Waals surface area contributed by atoms with Gasteiger partial charge in [-0.05, 0) is 58.1 Å². The maximum Gasteiger partial charge on any atom is 0.119 e. The molecule has 0 saturated carbocycles. The SMILES string of the molecule is CCCOc1cccc(C(N)Cc2cncc(Br)c2)c1. The summed E-state index contributed by atoms with van der Waals surface area (Å²) in [5.41, 5.74) is 8.48. The van der Waals surface area contributed by atoms with Crippen molar-refractivity contribution < 1.29 is 4.74 Å². The summed E-state index contributed by atoms with van der Waals surface area (Å²) >= 11 is 3.43. The van der Waals surface area contributed by atoms with E-state index in [1.165, 1.54) is 0 Å². The van der Waals surface area contributed by atoms with Gasteiger partial charge in [-0.25, -0.2) is 0 Å². The molecule has 106 valence electrons. The van der Waals surface area contributed by atoms with E-state index < -0.39 is 0 Å². The van der Waals surface area contributed by atoms with Crippen LogP contribution >= 0.6 is 15.9 Å². The topological polar surface area (TPSA) is 48.1 Å². The highest BCUT2D eigenvalue weighted by molar-refractivity contribution is 9.10. The number of nitrogens with zero attached hydrogens (tertiary/aromatic N) is 1. The zero-order valence-corrected chi connectivity index (χ0v) is 13.1. The number of rotatable bonds is 6. The van der Waals surface area contributed by atoms with Crippen LogP contribution in [0.25, 0.3) is 0 Å². The lowest BCUT2D eigenvalue weighted by Crippen LogP contribution is -2.13. The molecule has 0 radical (unpaired) electrons. The van der Waals surface area contributed by atoms with Crippen molar-refractivity contribution in [3.63, 3.8) is 0 Å². The van der Waals surface area contributed by atoms with Gasteiger partial charge in [0, 0.05) is 22.9 Å². The van der Waals surface area contributed by atoms with Crippen LogP contribution in [0.5, 0.6) is 5.75 Å². The van der Waals surface area contributed by atoms with Crippen molar-refractivity contribution in [2.45, 2.75) is 25.8 Å². The largest absolute Gasteiger partial charge is 0.494 e. The Kier molecular flexibility index (Phi) is 5.56. The number of nitrogens with two attached hydrogens (primary N) is 1. The Labute approximate surface area is 128 Å². The number of pyridine rings is 1. The van der Waals surface area contributed by atoms with Crippen LogP contribution in [-0.2, 0) is 6.42 Å². The van der Waals surface area contributed by atoms with E-state index in [1.807, 2.05) is 36.5 Å². The van der Waals surface area contributed by atoms with Crippen molar-refractivity contribution in [2.24, 2.45) is 5.73 Å². The van der Waals surface area contributed by atoms with Crippen LogP contribution in [0.15, 0.2) is 47.2 Å². The first kappa shape index (κ1) is 15.0. The van der Waals surface area contributed by atoms with E-state index in [0.29, 0.717) is 0 Å². The molecule has 1 aromatic heterocycles. The molecule has 2 aromatic rings. The first-order valence-corrected chi connectivity index (χ1v) is 7.56. The molecule has 0 aliphatic carbocycles. The number of hydrogen-bond donors (Lipinski definition) is 1. The summed E-state index contributed by atoms with van der Waals surface area (Å²) in [6.45, 7) is 2.82. The van der Waals surface area contributed by atoms with Gasteiger partial charge in [0.25, 0.3) is 0 Å². The third-order valence-electron chi connectivity index (χ3n) is 2.98. The van der Waals surface area contributed by atoms with Gasteiger partial charge in [-0.2, -0.15) is 0 Å². The molecule has 2 rings (SSSR count). The number of halogens is 1. The van der Waals surface area contributed by atoms with E-state index in [9.17, 15) is 0 Å². The Morgan fingerprint density at radius 1 is 1.30 bits per heavy atom. The fraction of sp³-hybridized carbons (Fsp3) is 0.312. The van der Waals surface area contributed by atoms with E-state index in [0.717, 1.165) is 40.8 Å². The molecule has 0 saturated heterocycles. The summed E-state index contributed by atoms with van der Waals surface area (Å²) in [6, 6.07) is 9.99. The number of hydrogen-bond acceptors (Lipinski definition) is 3. The van der Waals surface area contributed by atoms with Crippen molar-refractivity contribution in [3.05, 3.63) is 58.3 Å². The molecule has 1 unspecified atom stereocenters. The summed E-state index contributed by atoms with van der Waals surface area (Å²) in [6.07, 6.45) is 5.37. The van der Waals surface area contributed by atoms with Gasteiger partial charge in [0.2, 0.25) is 0 Å². The first-order valence-electron chi connectivity index (χ1n) is 6.77. The molecule has 4 heteroatoms. The lowest BCUT2D eigenvalue weighted by Gasteiger charge is -2.14. The average molecular weight is 335 g/mol. The second-order valence-corrected chi connectivity index (χ2v) is 5.66.